The standard InChI is InChI=1S/C26H33N5O7S/c1-18(27)28-13-15-38-17-24(32)29-20-11-9-19(10-12-20)16-22(26(34)35)30-25(33)23-8-5-14-31(23)39(36,37)21-6-3-2-4-7-21/h2-4,6-7,9-12,22-23H,5,8,13-17H2,1H3,(H2,27,28)(H,29,32)(H,30,33)(H,34,35). The smallest absolute Gasteiger partial charge is 0.326 e. The molecule has 1 saturated heterocycles. The number of anilines is 1. The quantitative estimate of drug-likeness (QED) is 0.138. The van der Waals surface area contributed by atoms with Gasteiger partial charge in [0.2, 0.25) is 21.8 Å². The molecule has 2 atom stereocenters. The third-order valence-corrected chi connectivity index (χ3v) is 7.94. The number of aliphatic carboxylic acids is 1. The summed E-state index contributed by atoms with van der Waals surface area (Å²) in [5.74, 6) is -1.96. The van der Waals surface area contributed by atoms with E-state index in [1.165, 1.54) is 12.1 Å². The molecule has 0 bridgehead atoms. The molecule has 0 spiro atoms. The number of sulfonamides is 1. The first kappa shape index (κ1) is 29.7. The zero-order chi connectivity index (χ0) is 28.4. The lowest BCUT2D eigenvalue weighted by Gasteiger charge is -2.25. The van der Waals surface area contributed by atoms with Crippen LogP contribution in [-0.2, 0) is 35.6 Å². The van der Waals surface area contributed by atoms with Crippen LogP contribution in [0, 0.1) is 5.41 Å². The average Bonchev–Trinajstić information content (AvgIpc) is 3.41. The molecule has 3 rings (SSSR count). The Morgan fingerprint density at radius 1 is 1.13 bits per heavy atom. The summed E-state index contributed by atoms with van der Waals surface area (Å²) in [7, 11) is -3.91. The summed E-state index contributed by atoms with van der Waals surface area (Å²) in [5, 5.41) is 24.9. The SMILES string of the molecule is CC(=N)NCCOCC(=O)Nc1ccc(CC(NC(=O)C2CCCN2S(=O)(=O)c2ccccc2)C(=O)O)cc1. The van der Waals surface area contributed by atoms with Crippen LogP contribution >= 0.6 is 0 Å². The number of hydrogen-bond acceptors (Lipinski definition) is 7. The molecule has 1 fully saturated rings. The van der Waals surface area contributed by atoms with Gasteiger partial charge < -0.3 is 25.8 Å². The molecular weight excluding hydrogens is 526 g/mol. The van der Waals surface area contributed by atoms with E-state index in [4.69, 9.17) is 10.1 Å². The number of carbonyl (C=O) groups is 3. The Hall–Kier alpha value is -3.81. The highest BCUT2D eigenvalue weighted by Gasteiger charge is 2.40. The Bertz CT molecular complexity index is 1270. The number of ether oxygens (including phenoxy) is 1. The maximum Gasteiger partial charge on any atom is 0.326 e. The summed E-state index contributed by atoms with van der Waals surface area (Å²) in [6.07, 6.45) is 0.748. The van der Waals surface area contributed by atoms with E-state index < -0.39 is 34.0 Å². The van der Waals surface area contributed by atoms with Crippen molar-refractivity contribution < 1.29 is 32.6 Å². The number of carboxylic acids is 1. The highest BCUT2D eigenvalue weighted by atomic mass is 32.2. The number of nitrogens with zero attached hydrogens (tertiary/aromatic N) is 1. The van der Waals surface area contributed by atoms with E-state index in [1.807, 2.05) is 0 Å². The molecule has 2 unspecified atom stereocenters. The molecule has 0 saturated carbocycles. The molecule has 0 aliphatic carbocycles. The van der Waals surface area contributed by atoms with E-state index in [0.29, 0.717) is 36.5 Å². The first-order valence-electron chi connectivity index (χ1n) is 12.4. The summed E-state index contributed by atoms with van der Waals surface area (Å²) in [6, 6.07) is 12.0. The van der Waals surface area contributed by atoms with Gasteiger partial charge in [-0.15, -0.1) is 0 Å². The van der Waals surface area contributed by atoms with Gasteiger partial charge >= 0.3 is 5.97 Å². The minimum Gasteiger partial charge on any atom is -0.480 e. The van der Waals surface area contributed by atoms with Crippen molar-refractivity contribution in [1.29, 1.82) is 5.41 Å². The fraction of sp³-hybridized carbons (Fsp3) is 0.385. The zero-order valence-electron chi connectivity index (χ0n) is 21.6. The number of amidine groups is 1. The van der Waals surface area contributed by atoms with Gasteiger partial charge in [0.1, 0.15) is 18.7 Å². The molecule has 2 aromatic rings. The maximum absolute atomic E-state index is 13.1. The molecule has 12 nitrogen and oxygen atoms in total. The molecule has 2 aromatic carbocycles. The Kier molecular flexibility index (Phi) is 10.5. The molecule has 0 radical (unpaired) electrons. The zero-order valence-corrected chi connectivity index (χ0v) is 22.4. The van der Waals surface area contributed by atoms with Crippen LogP contribution in [0.15, 0.2) is 59.5 Å². The van der Waals surface area contributed by atoms with Gasteiger partial charge in [-0.2, -0.15) is 4.31 Å². The number of hydrogen-bond donors (Lipinski definition) is 5. The van der Waals surface area contributed by atoms with E-state index in [1.54, 1.807) is 49.4 Å². The number of rotatable bonds is 13. The lowest BCUT2D eigenvalue weighted by Crippen LogP contribution is -2.51. The van der Waals surface area contributed by atoms with E-state index >= 15 is 0 Å². The fourth-order valence-corrected chi connectivity index (χ4v) is 5.80. The van der Waals surface area contributed by atoms with Crippen molar-refractivity contribution in [3.05, 3.63) is 60.2 Å². The van der Waals surface area contributed by atoms with Crippen molar-refractivity contribution in [3.8, 4) is 0 Å². The van der Waals surface area contributed by atoms with Gasteiger partial charge in [-0.05, 0) is 49.6 Å². The van der Waals surface area contributed by atoms with Gasteiger partial charge in [0.25, 0.3) is 0 Å². The van der Waals surface area contributed by atoms with Crippen molar-refractivity contribution in [1.82, 2.24) is 14.9 Å². The van der Waals surface area contributed by atoms with Gasteiger partial charge in [-0.3, -0.25) is 15.0 Å². The third kappa shape index (κ3) is 8.60. The predicted octanol–water partition coefficient (Wildman–Crippen LogP) is 1.19. The van der Waals surface area contributed by atoms with Crippen molar-refractivity contribution in [3.63, 3.8) is 0 Å². The Morgan fingerprint density at radius 3 is 2.46 bits per heavy atom. The lowest BCUT2D eigenvalue weighted by atomic mass is 10.0. The first-order chi connectivity index (χ1) is 18.6. The molecule has 2 amide bonds. The Morgan fingerprint density at radius 2 is 1.82 bits per heavy atom. The summed E-state index contributed by atoms with van der Waals surface area (Å²) >= 11 is 0. The van der Waals surface area contributed by atoms with Gasteiger partial charge in [0.05, 0.1) is 17.3 Å². The average molecular weight is 560 g/mol. The molecule has 1 aliphatic heterocycles. The van der Waals surface area contributed by atoms with Gasteiger partial charge in [0, 0.05) is 25.2 Å². The topological polar surface area (TPSA) is 178 Å². The van der Waals surface area contributed by atoms with Crippen LogP contribution in [0.25, 0.3) is 0 Å². The molecule has 0 aromatic heterocycles. The predicted molar refractivity (Wildman–Crippen MR) is 144 cm³/mol. The number of carboxylic acid groups (broad SMARTS) is 1. The molecule has 5 N–H and O–H groups in total. The van der Waals surface area contributed by atoms with Gasteiger partial charge in [0.15, 0.2) is 0 Å². The van der Waals surface area contributed by atoms with Crippen LogP contribution in [0.1, 0.15) is 25.3 Å². The van der Waals surface area contributed by atoms with Crippen molar-refractivity contribution in [2.45, 2.75) is 43.2 Å². The molecular formula is C26H33N5O7S. The van der Waals surface area contributed by atoms with Crippen LogP contribution in [0.2, 0.25) is 0 Å². The second-order valence-electron chi connectivity index (χ2n) is 9.04. The van der Waals surface area contributed by atoms with E-state index in [-0.39, 0.29) is 37.0 Å². The second-order valence-corrected chi connectivity index (χ2v) is 10.9. The highest BCUT2D eigenvalue weighted by Crippen LogP contribution is 2.26. The van der Waals surface area contributed by atoms with Crippen LogP contribution in [-0.4, -0.2) is 79.8 Å². The lowest BCUT2D eigenvalue weighted by molar-refractivity contribution is -0.142. The summed E-state index contributed by atoms with van der Waals surface area (Å²) in [6.45, 7) is 2.30. The van der Waals surface area contributed by atoms with Gasteiger partial charge in [-0.1, -0.05) is 30.3 Å². The number of amides is 2. The van der Waals surface area contributed by atoms with Crippen molar-refractivity contribution >= 4 is 39.3 Å². The highest BCUT2D eigenvalue weighted by molar-refractivity contribution is 7.89. The summed E-state index contributed by atoms with van der Waals surface area (Å²) in [5.41, 5.74) is 1.09. The van der Waals surface area contributed by atoms with Crippen molar-refractivity contribution in [2.75, 3.05) is 31.6 Å². The van der Waals surface area contributed by atoms with Crippen molar-refractivity contribution in [2.24, 2.45) is 0 Å². The fourth-order valence-electron chi connectivity index (χ4n) is 4.12. The van der Waals surface area contributed by atoms with E-state index in [9.17, 15) is 27.9 Å². The van der Waals surface area contributed by atoms with E-state index in [0.717, 1.165) is 4.31 Å². The Labute approximate surface area is 227 Å². The van der Waals surface area contributed by atoms with Gasteiger partial charge in [-0.25, -0.2) is 13.2 Å². The summed E-state index contributed by atoms with van der Waals surface area (Å²) in [4.78, 5) is 37.0. The third-order valence-electron chi connectivity index (χ3n) is 6.02. The molecule has 1 heterocycles. The maximum atomic E-state index is 13.1. The molecule has 39 heavy (non-hydrogen) atoms. The minimum absolute atomic E-state index is 0.0317. The molecule has 210 valence electrons. The number of benzene rings is 2. The van der Waals surface area contributed by atoms with Crippen LogP contribution < -0.4 is 16.0 Å². The van der Waals surface area contributed by atoms with Crippen LogP contribution in [0.3, 0.4) is 0 Å². The molecule has 1 aliphatic rings. The minimum atomic E-state index is -3.91. The monoisotopic (exact) mass is 559 g/mol. The van der Waals surface area contributed by atoms with E-state index in [2.05, 4.69) is 16.0 Å². The second kappa shape index (κ2) is 13.8. The number of carbonyl (C=O) groups excluding carboxylic acids is 2. The molecule has 13 heteroatoms. The largest absolute Gasteiger partial charge is 0.480 e. The first-order valence-corrected chi connectivity index (χ1v) is 13.9. The Balaban J connectivity index is 1.55. The van der Waals surface area contributed by atoms with Crippen LogP contribution in [0.4, 0.5) is 5.69 Å². The van der Waals surface area contributed by atoms with Crippen LogP contribution in [0.5, 0.6) is 0 Å². The summed E-state index contributed by atoms with van der Waals surface area (Å²) < 4.78 is 32.5. The normalized spacial score (nSPS) is 16.3. The number of nitrogens with one attached hydrogen (secondary N) is 4.